The van der Waals surface area contributed by atoms with Gasteiger partial charge in [-0.05, 0) is 24.3 Å². The van der Waals surface area contributed by atoms with E-state index >= 15 is 0 Å². The quantitative estimate of drug-likeness (QED) is 0.714. The molecule has 0 N–H and O–H groups in total. The Morgan fingerprint density at radius 1 is 1.05 bits per heavy atom. The molecule has 0 saturated carbocycles. The fourth-order valence-corrected chi connectivity index (χ4v) is 1.96. The van der Waals surface area contributed by atoms with Crippen molar-refractivity contribution >= 4 is 5.97 Å². The molecule has 0 unspecified atom stereocenters. The van der Waals surface area contributed by atoms with Crippen molar-refractivity contribution in [2.75, 3.05) is 0 Å². The second-order valence-corrected chi connectivity index (χ2v) is 4.19. The normalized spacial score (nSPS) is 10.4. The molecule has 2 heterocycles. The Morgan fingerprint density at radius 3 is 2.40 bits per heavy atom. The molecule has 2 aromatic heterocycles. The lowest BCUT2D eigenvalue weighted by Gasteiger charge is -2.01. The van der Waals surface area contributed by atoms with E-state index < -0.39 is 5.97 Å². The summed E-state index contributed by atoms with van der Waals surface area (Å²) in [6.07, 6.45) is 4.65. The van der Waals surface area contributed by atoms with Crippen molar-refractivity contribution in [3.63, 3.8) is 0 Å². The van der Waals surface area contributed by atoms with E-state index in [0.29, 0.717) is 11.3 Å². The minimum Gasteiger partial charge on any atom is -0.545 e. The number of para-hydroxylation sites is 1. The van der Waals surface area contributed by atoms with Crippen LogP contribution in [0.2, 0.25) is 0 Å². The van der Waals surface area contributed by atoms with Crippen LogP contribution < -0.4 is 5.11 Å². The molecule has 0 bridgehead atoms. The van der Waals surface area contributed by atoms with Crippen molar-refractivity contribution in [1.29, 1.82) is 0 Å². The largest absolute Gasteiger partial charge is 0.545 e. The highest BCUT2D eigenvalue weighted by molar-refractivity contribution is 5.93. The molecular formula is C15H10N3O2-. The van der Waals surface area contributed by atoms with Crippen molar-refractivity contribution in [3.05, 3.63) is 66.6 Å². The molecule has 0 aliphatic rings. The summed E-state index contributed by atoms with van der Waals surface area (Å²) < 4.78 is 1.53. The molecule has 0 aliphatic heterocycles. The number of benzene rings is 1. The molecule has 3 rings (SSSR count). The lowest BCUT2D eigenvalue weighted by Crippen LogP contribution is -2.22. The van der Waals surface area contributed by atoms with Crippen LogP contribution in [0.1, 0.15) is 10.4 Å². The average Bonchev–Trinajstić information content (AvgIpc) is 2.94. The van der Waals surface area contributed by atoms with Crippen LogP contribution in [-0.2, 0) is 0 Å². The molecule has 0 spiro atoms. The predicted molar refractivity (Wildman–Crippen MR) is 71.1 cm³/mol. The molecule has 0 amide bonds. The van der Waals surface area contributed by atoms with Crippen LogP contribution in [-0.4, -0.2) is 20.7 Å². The number of hydrogen-bond donors (Lipinski definition) is 0. The first-order chi connectivity index (χ1) is 9.75. The van der Waals surface area contributed by atoms with Crippen molar-refractivity contribution in [2.45, 2.75) is 0 Å². The van der Waals surface area contributed by atoms with Gasteiger partial charge in [0, 0.05) is 29.7 Å². The summed E-state index contributed by atoms with van der Waals surface area (Å²) in [5, 5.41) is 15.6. The van der Waals surface area contributed by atoms with E-state index in [1.54, 1.807) is 24.5 Å². The monoisotopic (exact) mass is 264 g/mol. The van der Waals surface area contributed by atoms with E-state index in [1.807, 2.05) is 30.3 Å². The van der Waals surface area contributed by atoms with Crippen molar-refractivity contribution in [1.82, 2.24) is 14.8 Å². The minimum atomic E-state index is -1.25. The zero-order chi connectivity index (χ0) is 13.9. The molecule has 0 atom stereocenters. The maximum Gasteiger partial charge on any atom is 0.102 e. The number of carbonyl (C=O) groups is 1. The number of carboxylic acids is 1. The van der Waals surface area contributed by atoms with E-state index in [1.165, 1.54) is 10.9 Å². The molecule has 0 fully saturated rings. The minimum absolute atomic E-state index is 0.0556. The van der Waals surface area contributed by atoms with Gasteiger partial charge in [0.15, 0.2) is 0 Å². The Hall–Kier alpha value is -2.95. The molecule has 3 aromatic rings. The molecule has 1 aromatic carbocycles. The molecule has 0 saturated heterocycles. The lowest BCUT2D eigenvalue weighted by atomic mass is 10.1. The third-order valence-corrected chi connectivity index (χ3v) is 2.91. The maximum atomic E-state index is 11.3. The summed E-state index contributed by atoms with van der Waals surface area (Å²) in [6.45, 7) is 0. The summed E-state index contributed by atoms with van der Waals surface area (Å²) in [5.74, 6) is -1.25. The highest BCUT2D eigenvalue weighted by Gasteiger charge is 2.12. The highest BCUT2D eigenvalue weighted by atomic mass is 16.4. The van der Waals surface area contributed by atoms with Crippen LogP contribution in [0.3, 0.4) is 0 Å². The fraction of sp³-hybridized carbons (Fsp3) is 0. The van der Waals surface area contributed by atoms with Gasteiger partial charge < -0.3 is 9.90 Å². The fourth-order valence-electron chi connectivity index (χ4n) is 1.96. The Kier molecular flexibility index (Phi) is 3.01. The number of aromatic carboxylic acids is 1. The van der Waals surface area contributed by atoms with Gasteiger partial charge >= 0.3 is 0 Å². The summed E-state index contributed by atoms with van der Waals surface area (Å²) in [6, 6.07) is 12.7. The van der Waals surface area contributed by atoms with E-state index in [9.17, 15) is 9.90 Å². The number of carbonyl (C=O) groups excluding carboxylic acids is 1. The van der Waals surface area contributed by atoms with Gasteiger partial charge in [0.05, 0.1) is 11.7 Å². The SMILES string of the molecule is O=C([O-])c1cn(-c2ccccc2)nc1-c1ccncc1. The van der Waals surface area contributed by atoms with Gasteiger partial charge in [-0.15, -0.1) is 0 Å². The van der Waals surface area contributed by atoms with Gasteiger partial charge in [-0.2, -0.15) is 5.10 Å². The molecule has 98 valence electrons. The van der Waals surface area contributed by atoms with Gasteiger partial charge in [-0.1, -0.05) is 18.2 Å². The Morgan fingerprint density at radius 2 is 1.75 bits per heavy atom. The summed E-state index contributed by atoms with van der Waals surface area (Å²) in [4.78, 5) is 15.2. The Balaban J connectivity index is 2.15. The number of pyridine rings is 1. The van der Waals surface area contributed by atoms with Gasteiger partial charge in [0.25, 0.3) is 0 Å². The van der Waals surface area contributed by atoms with Gasteiger partial charge in [0.2, 0.25) is 0 Å². The first-order valence-electron chi connectivity index (χ1n) is 6.02. The Bertz CT molecular complexity index is 736. The standard InChI is InChI=1S/C15H11N3O2/c19-15(20)13-10-18(12-4-2-1-3-5-12)17-14(13)11-6-8-16-9-7-11/h1-10H,(H,19,20)/p-1. The molecule has 0 radical (unpaired) electrons. The van der Waals surface area contributed by atoms with E-state index in [-0.39, 0.29) is 5.56 Å². The van der Waals surface area contributed by atoms with Crippen molar-refractivity contribution in [3.8, 4) is 16.9 Å². The van der Waals surface area contributed by atoms with Crippen LogP contribution >= 0.6 is 0 Å². The maximum absolute atomic E-state index is 11.3. The van der Waals surface area contributed by atoms with Gasteiger partial charge in [0.1, 0.15) is 5.69 Å². The van der Waals surface area contributed by atoms with E-state index in [2.05, 4.69) is 10.1 Å². The number of aromatic nitrogens is 3. The van der Waals surface area contributed by atoms with Crippen molar-refractivity contribution in [2.24, 2.45) is 0 Å². The number of nitrogens with zero attached hydrogens (tertiary/aromatic N) is 3. The number of carboxylic acid groups (broad SMARTS) is 1. The summed E-state index contributed by atoms with van der Waals surface area (Å²) in [5.41, 5.74) is 1.90. The molecule has 0 aliphatic carbocycles. The predicted octanol–water partition coefficient (Wildman–Crippen LogP) is 1.30. The molecule has 5 heteroatoms. The Labute approximate surface area is 115 Å². The van der Waals surface area contributed by atoms with Crippen LogP contribution in [0.15, 0.2) is 61.1 Å². The summed E-state index contributed by atoms with van der Waals surface area (Å²) in [7, 11) is 0. The second kappa shape index (κ2) is 4.97. The number of hydrogen-bond acceptors (Lipinski definition) is 4. The first-order valence-corrected chi connectivity index (χ1v) is 6.02. The first kappa shape index (κ1) is 12.1. The van der Waals surface area contributed by atoms with Crippen LogP contribution in [0.25, 0.3) is 16.9 Å². The average molecular weight is 264 g/mol. The van der Waals surface area contributed by atoms with Gasteiger partial charge in [-0.3, -0.25) is 4.98 Å². The topological polar surface area (TPSA) is 70.8 Å². The molecule has 5 nitrogen and oxygen atoms in total. The van der Waals surface area contributed by atoms with Crippen LogP contribution in [0, 0.1) is 0 Å². The van der Waals surface area contributed by atoms with Crippen LogP contribution in [0.5, 0.6) is 0 Å². The third-order valence-electron chi connectivity index (χ3n) is 2.91. The van der Waals surface area contributed by atoms with Gasteiger partial charge in [-0.25, -0.2) is 4.68 Å². The van der Waals surface area contributed by atoms with E-state index in [4.69, 9.17) is 0 Å². The zero-order valence-corrected chi connectivity index (χ0v) is 10.4. The summed E-state index contributed by atoms with van der Waals surface area (Å²) >= 11 is 0. The number of rotatable bonds is 3. The van der Waals surface area contributed by atoms with Crippen LogP contribution in [0.4, 0.5) is 0 Å². The molecular weight excluding hydrogens is 254 g/mol. The zero-order valence-electron chi connectivity index (χ0n) is 10.4. The molecule has 20 heavy (non-hydrogen) atoms. The second-order valence-electron chi connectivity index (χ2n) is 4.19. The highest BCUT2D eigenvalue weighted by Crippen LogP contribution is 2.22. The lowest BCUT2D eigenvalue weighted by molar-refractivity contribution is -0.254. The third kappa shape index (κ3) is 2.16. The van der Waals surface area contributed by atoms with Crippen molar-refractivity contribution < 1.29 is 9.90 Å². The van der Waals surface area contributed by atoms with E-state index in [0.717, 1.165) is 5.69 Å². The smallest absolute Gasteiger partial charge is 0.102 e.